The molecule has 0 radical (unpaired) electrons. The number of fused-ring (bicyclic) bond motifs is 1. The summed E-state index contributed by atoms with van der Waals surface area (Å²) in [7, 11) is 0. The average Bonchev–Trinajstić information content (AvgIpc) is 2.89. The van der Waals surface area contributed by atoms with E-state index in [9.17, 15) is 14.4 Å². The Morgan fingerprint density at radius 3 is 2.71 bits per heavy atom. The van der Waals surface area contributed by atoms with Crippen LogP contribution >= 0.6 is 11.6 Å². The van der Waals surface area contributed by atoms with Crippen LogP contribution in [0.15, 0.2) is 42.6 Å². The largest absolute Gasteiger partial charge is 0.332 e. The van der Waals surface area contributed by atoms with Gasteiger partial charge in [-0.3, -0.25) is 14.6 Å². The maximum Gasteiger partial charge on any atom is 0.332 e. The number of carbonyl (C=O) groups excluding carboxylic acids is 3. The van der Waals surface area contributed by atoms with Gasteiger partial charge in [-0.15, -0.1) is 0 Å². The van der Waals surface area contributed by atoms with E-state index in [1.54, 1.807) is 35.2 Å². The van der Waals surface area contributed by atoms with Gasteiger partial charge in [0, 0.05) is 18.4 Å². The van der Waals surface area contributed by atoms with Crippen molar-refractivity contribution in [1.29, 1.82) is 0 Å². The highest BCUT2D eigenvalue weighted by Crippen LogP contribution is 2.41. The molecule has 1 N–H and O–H groups in total. The van der Waals surface area contributed by atoms with Crippen molar-refractivity contribution in [3.05, 3.63) is 53.3 Å². The summed E-state index contributed by atoms with van der Waals surface area (Å²) in [6, 6.07) is 9.41. The van der Waals surface area contributed by atoms with Gasteiger partial charge in [-0.05, 0) is 56.5 Å². The number of nitrogens with zero attached hydrogens (tertiary/aromatic N) is 3. The second-order valence-corrected chi connectivity index (χ2v) is 7.55. The van der Waals surface area contributed by atoms with Crippen molar-refractivity contribution in [3.63, 3.8) is 0 Å². The number of carbonyl (C=O) groups is 3. The van der Waals surface area contributed by atoms with Gasteiger partial charge in [0.25, 0.3) is 11.8 Å². The zero-order valence-corrected chi connectivity index (χ0v) is 16.1. The Hall–Kier alpha value is -2.93. The number of hydrogen-bond donors (Lipinski definition) is 1. The fraction of sp³-hybridized carbons (Fsp3) is 0.300. The zero-order chi connectivity index (χ0) is 19.9. The first kappa shape index (κ1) is 18.4. The number of rotatable bonds is 3. The summed E-state index contributed by atoms with van der Waals surface area (Å²) in [6.45, 7) is 2.37. The van der Waals surface area contributed by atoms with Gasteiger partial charge >= 0.3 is 6.03 Å². The van der Waals surface area contributed by atoms with Crippen molar-refractivity contribution >= 4 is 40.8 Å². The summed E-state index contributed by atoms with van der Waals surface area (Å²) < 4.78 is 0. The third kappa shape index (κ3) is 2.92. The first-order valence-electron chi connectivity index (χ1n) is 9.10. The van der Waals surface area contributed by atoms with Crippen molar-refractivity contribution < 1.29 is 14.4 Å². The van der Waals surface area contributed by atoms with Crippen molar-refractivity contribution in [2.24, 2.45) is 0 Å². The van der Waals surface area contributed by atoms with Crippen LogP contribution in [-0.4, -0.2) is 39.8 Å². The number of aromatic nitrogens is 1. The Bertz CT molecular complexity index is 965. The molecule has 144 valence electrons. The normalized spacial score (nSPS) is 21.6. The monoisotopic (exact) mass is 398 g/mol. The molecule has 7 nitrogen and oxygen atoms in total. The Labute approximate surface area is 167 Å². The number of pyridine rings is 1. The molecule has 4 rings (SSSR count). The zero-order valence-electron chi connectivity index (χ0n) is 15.3. The number of nitrogens with one attached hydrogen (secondary N) is 1. The highest BCUT2D eigenvalue weighted by Gasteiger charge is 2.55. The molecule has 3 heterocycles. The minimum Gasteiger partial charge on any atom is -0.321 e. The van der Waals surface area contributed by atoms with Gasteiger partial charge in [0.1, 0.15) is 11.2 Å². The third-order valence-corrected chi connectivity index (χ3v) is 5.62. The molecule has 2 fully saturated rings. The molecule has 2 aliphatic heterocycles. The Morgan fingerprint density at radius 2 is 2.04 bits per heavy atom. The second kappa shape index (κ2) is 6.91. The minimum atomic E-state index is -0.815. The Balaban J connectivity index is 1.59. The number of hydrogen-bond acceptors (Lipinski definition) is 4. The van der Waals surface area contributed by atoms with Crippen LogP contribution in [0.4, 0.5) is 16.2 Å². The molecular formula is C20H19ClN4O3. The standard InChI is InChI=1S/C20H19ClN4O3/c1-20-9-3-5-11-24(20)19(28)25(18(20)27)16-8-7-13(12-14(16)21)23-17(26)15-6-2-4-10-22-15/h2,4,6-8,10,12H,3,5,9,11H2,1H3,(H,23,26). The molecule has 4 amide bonds. The first-order chi connectivity index (χ1) is 13.4. The molecule has 0 saturated carbocycles. The van der Waals surface area contributed by atoms with Crippen LogP contribution in [0.3, 0.4) is 0 Å². The molecule has 2 aliphatic rings. The molecule has 0 spiro atoms. The fourth-order valence-corrected chi connectivity index (χ4v) is 4.03. The summed E-state index contributed by atoms with van der Waals surface area (Å²) >= 11 is 6.38. The van der Waals surface area contributed by atoms with Crippen LogP contribution in [0.1, 0.15) is 36.7 Å². The maximum atomic E-state index is 13.0. The Kier molecular flexibility index (Phi) is 4.55. The van der Waals surface area contributed by atoms with E-state index in [2.05, 4.69) is 10.3 Å². The molecule has 2 aromatic rings. The van der Waals surface area contributed by atoms with Gasteiger partial charge in [-0.2, -0.15) is 0 Å². The molecule has 0 bridgehead atoms. The van der Waals surface area contributed by atoms with Gasteiger partial charge in [0.2, 0.25) is 0 Å². The number of piperidine rings is 1. The van der Waals surface area contributed by atoms with E-state index in [0.717, 1.165) is 17.7 Å². The number of anilines is 2. The van der Waals surface area contributed by atoms with Crippen LogP contribution < -0.4 is 10.2 Å². The molecule has 1 unspecified atom stereocenters. The van der Waals surface area contributed by atoms with Crippen molar-refractivity contribution in [1.82, 2.24) is 9.88 Å². The molecule has 8 heteroatoms. The van der Waals surface area contributed by atoms with Gasteiger partial charge in [0.05, 0.1) is 10.7 Å². The fourth-order valence-electron chi connectivity index (χ4n) is 3.77. The second-order valence-electron chi connectivity index (χ2n) is 7.14. The predicted molar refractivity (Wildman–Crippen MR) is 105 cm³/mol. The van der Waals surface area contributed by atoms with Gasteiger partial charge in [-0.25, -0.2) is 9.69 Å². The molecule has 0 aliphatic carbocycles. The number of imide groups is 1. The quantitative estimate of drug-likeness (QED) is 0.799. The molecule has 2 saturated heterocycles. The third-order valence-electron chi connectivity index (χ3n) is 5.32. The Morgan fingerprint density at radius 1 is 1.21 bits per heavy atom. The van der Waals surface area contributed by atoms with Gasteiger partial charge in [0.15, 0.2) is 0 Å². The number of urea groups is 1. The van der Waals surface area contributed by atoms with E-state index in [0.29, 0.717) is 24.3 Å². The average molecular weight is 399 g/mol. The van der Waals surface area contributed by atoms with Crippen LogP contribution in [0.5, 0.6) is 0 Å². The molecule has 1 aromatic carbocycles. The van der Waals surface area contributed by atoms with Crippen molar-refractivity contribution in [3.8, 4) is 0 Å². The lowest BCUT2D eigenvalue weighted by molar-refractivity contribution is -0.125. The predicted octanol–water partition coefficient (Wildman–Crippen LogP) is 3.70. The lowest BCUT2D eigenvalue weighted by Gasteiger charge is -2.35. The number of benzene rings is 1. The molecule has 1 atom stereocenters. The van der Waals surface area contributed by atoms with Crippen LogP contribution in [-0.2, 0) is 4.79 Å². The number of halogens is 1. The summed E-state index contributed by atoms with van der Waals surface area (Å²) in [6.07, 6.45) is 3.97. The van der Waals surface area contributed by atoms with E-state index in [1.165, 1.54) is 12.3 Å². The van der Waals surface area contributed by atoms with Crippen LogP contribution in [0, 0.1) is 0 Å². The highest BCUT2D eigenvalue weighted by atomic mass is 35.5. The van der Waals surface area contributed by atoms with Crippen molar-refractivity contribution in [2.45, 2.75) is 31.7 Å². The summed E-state index contributed by atoms with van der Waals surface area (Å²) in [5.74, 6) is -0.633. The van der Waals surface area contributed by atoms with E-state index >= 15 is 0 Å². The van der Waals surface area contributed by atoms with Gasteiger partial charge < -0.3 is 10.2 Å². The maximum absolute atomic E-state index is 13.0. The molecular weight excluding hydrogens is 380 g/mol. The van der Waals surface area contributed by atoms with E-state index in [4.69, 9.17) is 11.6 Å². The van der Waals surface area contributed by atoms with E-state index in [-0.39, 0.29) is 28.6 Å². The summed E-state index contributed by atoms with van der Waals surface area (Å²) in [4.78, 5) is 44.9. The van der Waals surface area contributed by atoms with Crippen LogP contribution in [0.2, 0.25) is 5.02 Å². The van der Waals surface area contributed by atoms with E-state index < -0.39 is 5.54 Å². The molecule has 1 aromatic heterocycles. The summed E-state index contributed by atoms with van der Waals surface area (Å²) in [5, 5.41) is 2.92. The topological polar surface area (TPSA) is 82.6 Å². The summed E-state index contributed by atoms with van der Waals surface area (Å²) in [5.41, 5.74) is 0.234. The van der Waals surface area contributed by atoms with E-state index in [1.807, 2.05) is 6.92 Å². The van der Waals surface area contributed by atoms with Gasteiger partial charge in [-0.1, -0.05) is 17.7 Å². The smallest absolute Gasteiger partial charge is 0.321 e. The lowest BCUT2D eigenvalue weighted by Crippen LogP contribution is -2.49. The minimum absolute atomic E-state index is 0.212. The van der Waals surface area contributed by atoms with Crippen LogP contribution in [0.25, 0.3) is 0 Å². The van der Waals surface area contributed by atoms with Crippen molar-refractivity contribution in [2.75, 3.05) is 16.8 Å². The first-order valence-corrected chi connectivity index (χ1v) is 9.48. The SMILES string of the molecule is CC12CCCCN1C(=O)N(c1ccc(NC(=O)c3ccccn3)cc1Cl)C2=O. The molecule has 28 heavy (non-hydrogen) atoms. The highest BCUT2D eigenvalue weighted by molar-refractivity contribution is 6.36. The lowest BCUT2D eigenvalue weighted by atomic mass is 9.89. The number of amides is 4.